The molecule has 0 radical (unpaired) electrons. The number of aliphatic hydroxyl groups is 1. The second-order valence-corrected chi connectivity index (χ2v) is 7.56. The molecule has 0 saturated heterocycles. The maximum Gasteiger partial charge on any atom is 0.247 e. The Morgan fingerprint density at radius 3 is 2.58 bits per heavy atom. The Morgan fingerprint density at radius 2 is 1.81 bits per heavy atom. The number of carbonyl (C=O) groups is 1. The van der Waals surface area contributed by atoms with Crippen LogP contribution in [0.25, 0.3) is 6.08 Å². The number of benzene rings is 3. The van der Waals surface area contributed by atoms with Crippen molar-refractivity contribution in [3.63, 3.8) is 0 Å². The van der Waals surface area contributed by atoms with Crippen molar-refractivity contribution >= 4 is 12.0 Å². The van der Waals surface area contributed by atoms with Crippen LogP contribution in [0.2, 0.25) is 0 Å². The van der Waals surface area contributed by atoms with Crippen LogP contribution in [-0.2, 0) is 22.7 Å². The molecule has 4 rings (SSSR count). The first-order valence-corrected chi connectivity index (χ1v) is 10.3. The Balaban J connectivity index is 1.58. The number of carbonyl (C=O) groups excluding carboxylic acids is 1. The van der Waals surface area contributed by atoms with Crippen LogP contribution < -0.4 is 0 Å². The lowest BCUT2D eigenvalue weighted by molar-refractivity contribution is -0.137. The van der Waals surface area contributed by atoms with Gasteiger partial charge in [-0.25, -0.2) is 0 Å². The molecule has 1 aliphatic heterocycles. The van der Waals surface area contributed by atoms with Gasteiger partial charge in [-0.2, -0.15) is 0 Å². The lowest BCUT2D eigenvalue weighted by Crippen LogP contribution is -2.48. The van der Waals surface area contributed by atoms with Crippen molar-refractivity contribution in [3.8, 4) is 5.75 Å². The molecule has 0 unspecified atom stereocenters. The van der Waals surface area contributed by atoms with E-state index in [0.29, 0.717) is 13.2 Å². The van der Waals surface area contributed by atoms with E-state index in [1.807, 2.05) is 60.7 Å². The third-order valence-electron chi connectivity index (χ3n) is 5.48. The van der Waals surface area contributed by atoms with Gasteiger partial charge in [0.2, 0.25) is 5.91 Å². The minimum Gasteiger partial charge on any atom is -0.508 e. The summed E-state index contributed by atoms with van der Waals surface area (Å²) in [7, 11) is 0. The lowest BCUT2D eigenvalue weighted by atomic mass is 9.91. The number of aliphatic hydroxyl groups excluding tert-OH is 1. The molecule has 158 valence electrons. The summed E-state index contributed by atoms with van der Waals surface area (Å²) in [6, 6.07) is 23.9. The minimum absolute atomic E-state index is 0.143. The van der Waals surface area contributed by atoms with Gasteiger partial charge in [-0.1, -0.05) is 66.7 Å². The van der Waals surface area contributed by atoms with E-state index in [-0.39, 0.29) is 18.3 Å². The van der Waals surface area contributed by atoms with Gasteiger partial charge in [-0.15, -0.1) is 0 Å². The fourth-order valence-corrected chi connectivity index (χ4v) is 3.92. The lowest BCUT2D eigenvalue weighted by Gasteiger charge is -2.41. The molecule has 1 heterocycles. The number of phenols is 1. The summed E-state index contributed by atoms with van der Waals surface area (Å²) >= 11 is 0. The number of amides is 1. The van der Waals surface area contributed by atoms with Crippen molar-refractivity contribution in [2.24, 2.45) is 0 Å². The quantitative estimate of drug-likeness (QED) is 0.596. The highest BCUT2D eigenvalue weighted by Gasteiger charge is 2.37. The fraction of sp³-hybridized carbons (Fsp3) is 0.192. The first-order valence-electron chi connectivity index (χ1n) is 10.3. The van der Waals surface area contributed by atoms with Crippen molar-refractivity contribution in [2.75, 3.05) is 6.61 Å². The highest BCUT2D eigenvalue weighted by molar-refractivity contribution is 5.92. The largest absolute Gasteiger partial charge is 0.508 e. The molecule has 0 bridgehead atoms. The third-order valence-corrected chi connectivity index (χ3v) is 5.48. The van der Waals surface area contributed by atoms with Crippen molar-refractivity contribution in [2.45, 2.75) is 25.3 Å². The summed E-state index contributed by atoms with van der Waals surface area (Å²) in [6.07, 6.45) is 2.70. The number of fused-ring (bicyclic) bond motifs is 1. The first-order chi connectivity index (χ1) is 15.2. The van der Waals surface area contributed by atoms with Crippen LogP contribution in [0.1, 0.15) is 28.4 Å². The van der Waals surface area contributed by atoms with Gasteiger partial charge in [0.1, 0.15) is 11.9 Å². The Hall–Kier alpha value is -3.41. The summed E-state index contributed by atoms with van der Waals surface area (Å²) in [5, 5.41) is 19.8. The maximum atomic E-state index is 13.1. The topological polar surface area (TPSA) is 70.0 Å². The molecule has 0 saturated carbocycles. The van der Waals surface area contributed by atoms with Crippen LogP contribution in [0.4, 0.5) is 0 Å². The summed E-state index contributed by atoms with van der Waals surface area (Å²) in [5.41, 5.74) is 3.76. The number of nitrogens with zero attached hydrogens (tertiary/aromatic N) is 1. The van der Waals surface area contributed by atoms with Crippen molar-refractivity contribution < 1.29 is 19.7 Å². The van der Waals surface area contributed by atoms with Gasteiger partial charge < -0.3 is 19.8 Å². The molecule has 3 aromatic carbocycles. The molecular weight excluding hydrogens is 390 g/mol. The summed E-state index contributed by atoms with van der Waals surface area (Å²) in [4.78, 5) is 14.7. The number of hydrogen-bond acceptors (Lipinski definition) is 4. The van der Waals surface area contributed by atoms with E-state index in [9.17, 15) is 15.0 Å². The predicted octanol–water partition coefficient (Wildman–Crippen LogP) is 4.07. The Labute approximate surface area is 181 Å². The Kier molecular flexibility index (Phi) is 6.46. The van der Waals surface area contributed by atoms with Crippen LogP contribution in [0.3, 0.4) is 0 Å². The predicted molar refractivity (Wildman–Crippen MR) is 119 cm³/mol. The molecule has 2 atom stereocenters. The maximum absolute atomic E-state index is 13.1. The molecule has 31 heavy (non-hydrogen) atoms. The van der Waals surface area contributed by atoms with E-state index < -0.39 is 12.1 Å². The van der Waals surface area contributed by atoms with E-state index >= 15 is 0 Å². The monoisotopic (exact) mass is 415 g/mol. The van der Waals surface area contributed by atoms with E-state index in [0.717, 1.165) is 22.3 Å². The van der Waals surface area contributed by atoms with Gasteiger partial charge in [0, 0.05) is 12.6 Å². The minimum atomic E-state index is -0.500. The number of ether oxygens (including phenoxy) is 1. The molecule has 0 spiro atoms. The van der Waals surface area contributed by atoms with Gasteiger partial charge in [0.05, 0.1) is 19.3 Å². The molecule has 3 aromatic rings. The standard InChI is InChI=1S/C26H25NO4/c28-17-24-26(31-18-20-7-2-1-3-8-20)23-12-5-4-10-21(23)16-27(24)25(30)14-13-19-9-6-11-22(29)15-19/h1-15,24,26,28-29H,16-18H2/b14-13+/t24-,26+/m0/s1. The SMILES string of the molecule is O=C(/C=C/c1cccc(O)c1)N1Cc2ccccc2[C@@H](OCc2ccccc2)[C@@H]1CO. The van der Waals surface area contributed by atoms with Gasteiger partial charge >= 0.3 is 0 Å². The zero-order valence-electron chi connectivity index (χ0n) is 17.1. The van der Waals surface area contributed by atoms with Crippen LogP contribution in [-0.4, -0.2) is 33.7 Å². The molecule has 1 aliphatic rings. The highest BCUT2D eigenvalue weighted by atomic mass is 16.5. The molecule has 0 aromatic heterocycles. The van der Waals surface area contributed by atoms with Crippen LogP contribution >= 0.6 is 0 Å². The second kappa shape index (κ2) is 9.60. The van der Waals surface area contributed by atoms with E-state index in [2.05, 4.69) is 0 Å². The summed E-state index contributed by atoms with van der Waals surface area (Å²) < 4.78 is 6.25. The third kappa shape index (κ3) is 4.85. The van der Waals surface area contributed by atoms with E-state index in [1.165, 1.54) is 6.08 Å². The molecule has 2 N–H and O–H groups in total. The molecule has 0 aliphatic carbocycles. The number of hydrogen-bond donors (Lipinski definition) is 2. The van der Waals surface area contributed by atoms with E-state index in [4.69, 9.17) is 4.74 Å². The molecule has 1 amide bonds. The van der Waals surface area contributed by atoms with Crippen LogP contribution in [0.15, 0.2) is 84.9 Å². The van der Waals surface area contributed by atoms with Gasteiger partial charge in [-0.3, -0.25) is 4.79 Å². The molecule has 5 nitrogen and oxygen atoms in total. The highest BCUT2D eigenvalue weighted by Crippen LogP contribution is 2.35. The number of rotatable bonds is 6. The zero-order chi connectivity index (χ0) is 21.6. The van der Waals surface area contributed by atoms with Crippen molar-refractivity contribution in [3.05, 3.63) is 107 Å². The average Bonchev–Trinajstić information content (AvgIpc) is 2.81. The average molecular weight is 415 g/mol. The summed E-state index contributed by atoms with van der Waals surface area (Å²) in [5.74, 6) is -0.0747. The van der Waals surface area contributed by atoms with Gasteiger partial charge in [-0.05, 0) is 40.5 Å². The van der Waals surface area contributed by atoms with Gasteiger partial charge in [0.25, 0.3) is 0 Å². The molecular formula is C26H25NO4. The molecule has 5 heteroatoms. The first kappa shape index (κ1) is 20.8. The van der Waals surface area contributed by atoms with Crippen molar-refractivity contribution in [1.82, 2.24) is 4.90 Å². The summed E-state index contributed by atoms with van der Waals surface area (Å²) in [6.45, 7) is 0.576. The molecule has 0 fully saturated rings. The smallest absolute Gasteiger partial charge is 0.247 e. The fourth-order valence-electron chi connectivity index (χ4n) is 3.92. The normalized spacial score (nSPS) is 18.2. The van der Waals surface area contributed by atoms with E-state index in [1.54, 1.807) is 29.2 Å². The van der Waals surface area contributed by atoms with Crippen LogP contribution in [0.5, 0.6) is 5.75 Å². The van der Waals surface area contributed by atoms with Gasteiger partial charge in [0.15, 0.2) is 0 Å². The second-order valence-electron chi connectivity index (χ2n) is 7.56. The van der Waals surface area contributed by atoms with Crippen molar-refractivity contribution in [1.29, 1.82) is 0 Å². The Bertz CT molecular complexity index is 1060. The van der Waals surface area contributed by atoms with Crippen LogP contribution in [0, 0.1) is 0 Å². The Morgan fingerprint density at radius 1 is 1.03 bits per heavy atom. The number of aromatic hydroxyl groups is 1. The number of phenolic OH excluding ortho intramolecular Hbond substituents is 1. The zero-order valence-corrected chi connectivity index (χ0v) is 17.1.